The van der Waals surface area contributed by atoms with Gasteiger partial charge in [-0.15, -0.1) is 11.8 Å². The Morgan fingerprint density at radius 3 is 2.35 bits per heavy atom. The number of thioether (sulfide) groups is 1. The average Bonchev–Trinajstić information content (AvgIpc) is 2.47. The average molecular weight is 294 g/mol. The Labute approximate surface area is 124 Å². The Kier molecular flexibility index (Phi) is 5.46. The summed E-state index contributed by atoms with van der Waals surface area (Å²) in [7, 11) is 0. The molecule has 1 aliphatic rings. The molecule has 1 unspecified atom stereocenters. The van der Waals surface area contributed by atoms with Crippen LogP contribution >= 0.6 is 11.8 Å². The van der Waals surface area contributed by atoms with Gasteiger partial charge in [0, 0.05) is 37.1 Å². The molecule has 1 fully saturated rings. The van der Waals surface area contributed by atoms with Crippen LogP contribution in [0.3, 0.4) is 0 Å². The second kappa shape index (κ2) is 7.11. The summed E-state index contributed by atoms with van der Waals surface area (Å²) in [4.78, 5) is 16.4. The van der Waals surface area contributed by atoms with Crippen LogP contribution in [0.5, 0.6) is 0 Å². The Balaban J connectivity index is 1.90. The van der Waals surface area contributed by atoms with Gasteiger partial charge < -0.3 is 5.11 Å². The number of carboxylic acids is 1. The number of rotatable bonds is 5. The number of carboxylic acid groups (broad SMARTS) is 1. The number of piperazine rings is 1. The van der Waals surface area contributed by atoms with Crippen molar-refractivity contribution in [1.29, 1.82) is 0 Å². The monoisotopic (exact) mass is 294 g/mol. The van der Waals surface area contributed by atoms with Gasteiger partial charge in [-0.3, -0.25) is 14.6 Å². The molecule has 1 aromatic carbocycles. The van der Waals surface area contributed by atoms with E-state index in [4.69, 9.17) is 5.11 Å². The molecule has 0 spiro atoms. The van der Waals surface area contributed by atoms with Gasteiger partial charge in [0.15, 0.2) is 0 Å². The van der Waals surface area contributed by atoms with Crippen LogP contribution in [0.25, 0.3) is 0 Å². The first-order valence-corrected chi connectivity index (χ1v) is 8.15. The van der Waals surface area contributed by atoms with E-state index in [2.05, 4.69) is 42.3 Å². The van der Waals surface area contributed by atoms with E-state index in [1.54, 1.807) is 11.8 Å². The maximum Gasteiger partial charge on any atom is 0.317 e. The molecule has 2 rings (SSSR count). The summed E-state index contributed by atoms with van der Waals surface area (Å²) in [6.45, 7) is 5.90. The summed E-state index contributed by atoms with van der Waals surface area (Å²) in [6.07, 6.45) is 2.08. The molecular weight excluding hydrogens is 272 g/mol. The smallest absolute Gasteiger partial charge is 0.317 e. The van der Waals surface area contributed by atoms with Crippen molar-refractivity contribution in [3.63, 3.8) is 0 Å². The van der Waals surface area contributed by atoms with Crippen LogP contribution in [0.1, 0.15) is 18.5 Å². The third kappa shape index (κ3) is 3.98. The van der Waals surface area contributed by atoms with Crippen molar-refractivity contribution in [2.45, 2.75) is 17.9 Å². The molecule has 110 valence electrons. The number of hydrogen-bond acceptors (Lipinski definition) is 4. The van der Waals surface area contributed by atoms with E-state index >= 15 is 0 Å². The van der Waals surface area contributed by atoms with Crippen LogP contribution in [-0.2, 0) is 4.79 Å². The molecule has 0 amide bonds. The van der Waals surface area contributed by atoms with Crippen LogP contribution in [0.15, 0.2) is 29.2 Å². The highest BCUT2D eigenvalue weighted by atomic mass is 32.2. The van der Waals surface area contributed by atoms with E-state index in [9.17, 15) is 4.79 Å². The molecule has 1 N–H and O–H groups in total. The maximum absolute atomic E-state index is 10.7. The number of aliphatic carboxylic acids is 1. The van der Waals surface area contributed by atoms with Gasteiger partial charge in [0.25, 0.3) is 0 Å². The Bertz CT molecular complexity index is 442. The fraction of sp³-hybridized carbons (Fsp3) is 0.533. The first-order chi connectivity index (χ1) is 9.60. The predicted molar refractivity (Wildman–Crippen MR) is 82.3 cm³/mol. The molecule has 0 radical (unpaired) electrons. The molecule has 0 aliphatic carbocycles. The van der Waals surface area contributed by atoms with Crippen molar-refractivity contribution in [2.75, 3.05) is 39.0 Å². The molecule has 4 nitrogen and oxygen atoms in total. The van der Waals surface area contributed by atoms with E-state index < -0.39 is 5.97 Å². The molecule has 1 saturated heterocycles. The summed E-state index contributed by atoms with van der Waals surface area (Å²) < 4.78 is 0. The molecule has 1 aromatic rings. The summed E-state index contributed by atoms with van der Waals surface area (Å²) in [5, 5.41) is 8.81. The van der Waals surface area contributed by atoms with E-state index in [1.807, 2.05) is 4.90 Å². The lowest BCUT2D eigenvalue weighted by atomic mass is 10.1. The minimum atomic E-state index is -0.737. The van der Waals surface area contributed by atoms with Crippen molar-refractivity contribution in [3.8, 4) is 0 Å². The van der Waals surface area contributed by atoms with Crippen LogP contribution in [0.4, 0.5) is 0 Å². The predicted octanol–water partition coefficient (Wildman–Crippen LogP) is 2.17. The fourth-order valence-corrected chi connectivity index (χ4v) is 3.00. The molecule has 20 heavy (non-hydrogen) atoms. The Morgan fingerprint density at radius 2 is 1.85 bits per heavy atom. The summed E-state index contributed by atoms with van der Waals surface area (Å²) in [6, 6.07) is 9.10. The highest BCUT2D eigenvalue weighted by Gasteiger charge is 2.22. The SMILES string of the molecule is CSc1ccc(C(C)N2CCN(CC(=O)O)CC2)cc1. The van der Waals surface area contributed by atoms with E-state index in [0.29, 0.717) is 6.04 Å². The highest BCUT2D eigenvalue weighted by molar-refractivity contribution is 7.98. The standard InChI is InChI=1S/C15H22N2O2S/c1-12(13-3-5-14(20-2)6-4-13)17-9-7-16(8-10-17)11-15(18)19/h3-6,12H,7-11H2,1-2H3,(H,18,19). The van der Waals surface area contributed by atoms with E-state index in [1.165, 1.54) is 10.5 Å². The highest BCUT2D eigenvalue weighted by Crippen LogP contribution is 2.24. The van der Waals surface area contributed by atoms with Gasteiger partial charge in [-0.2, -0.15) is 0 Å². The molecule has 1 aliphatic heterocycles. The van der Waals surface area contributed by atoms with Gasteiger partial charge in [-0.25, -0.2) is 0 Å². The number of hydrogen-bond donors (Lipinski definition) is 1. The van der Waals surface area contributed by atoms with Crippen LogP contribution in [-0.4, -0.2) is 59.9 Å². The van der Waals surface area contributed by atoms with Crippen LogP contribution in [0, 0.1) is 0 Å². The van der Waals surface area contributed by atoms with Crippen LogP contribution < -0.4 is 0 Å². The normalized spacial score (nSPS) is 18.9. The Hall–Kier alpha value is -1.04. The van der Waals surface area contributed by atoms with Gasteiger partial charge in [0.2, 0.25) is 0 Å². The topological polar surface area (TPSA) is 43.8 Å². The van der Waals surface area contributed by atoms with E-state index in [0.717, 1.165) is 26.2 Å². The van der Waals surface area contributed by atoms with Gasteiger partial charge in [0.1, 0.15) is 0 Å². The molecule has 1 atom stereocenters. The molecule has 0 aromatic heterocycles. The number of nitrogens with zero attached hydrogens (tertiary/aromatic N) is 2. The first kappa shape index (κ1) is 15.4. The van der Waals surface area contributed by atoms with Crippen molar-refractivity contribution in [3.05, 3.63) is 29.8 Å². The van der Waals surface area contributed by atoms with Crippen molar-refractivity contribution < 1.29 is 9.90 Å². The molecule has 5 heteroatoms. The second-order valence-electron chi connectivity index (χ2n) is 5.15. The number of carbonyl (C=O) groups is 1. The minimum absolute atomic E-state index is 0.157. The van der Waals surface area contributed by atoms with Crippen molar-refractivity contribution >= 4 is 17.7 Å². The third-order valence-electron chi connectivity index (χ3n) is 3.91. The minimum Gasteiger partial charge on any atom is -0.480 e. The zero-order valence-corrected chi connectivity index (χ0v) is 12.9. The summed E-state index contributed by atoms with van der Waals surface area (Å²) in [5.41, 5.74) is 1.33. The lowest BCUT2D eigenvalue weighted by molar-refractivity contribution is -0.138. The lowest BCUT2D eigenvalue weighted by Gasteiger charge is -2.37. The molecule has 0 saturated carbocycles. The zero-order valence-electron chi connectivity index (χ0n) is 12.1. The van der Waals surface area contributed by atoms with Gasteiger partial charge in [-0.1, -0.05) is 12.1 Å². The van der Waals surface area contributed by atoms with Crippen LogP contribution in [0.2, 0.25) is 0 Å². The Morgan fingerprint density at radius 1 is 1.25 bits per heavy atom. The van der Waals surface area contributed by atoms with Gasteiger partial charge in [0.05, 0.1) is 6.54 Å². The van der Waals surface area contributed by atoms with E-state index in [-0.39, 0.29) is 6.54 Å². The van der Waals surface area contributed by atoms with Gasteiger partial charge in [-0.05, 0) is 30.9 Å². The number of benzene rings is 1. The fourth-order valence-electron chi connectivity index (χ4n) is 2.59. The molecule has 1 heterocycles. The summed E-state index contributed by atoms with van der Waals surface area (Å²) >= 11 is 1.75. The maximum atomic E-state index is 10.7. The quantitative estimate of drug-likeness (QED) is 0.843. The summed E-state index contributed by atoms with van der Waals surface area (Å²) in [5.74, 6) is -0.737. The first-order valence-electron chi connectivity index (χ1n) is 6.92. The third-order valence-corrected chi connectivity index (χ3v) is 4.66. The van der Waals surface area contributed by atoms with Gasteiger partial charge >= 0.3 is 5.97 Å². The second-order valence-corrected chi connectivity index (χ2v) is 6.03. The zero-order chi connectivity index (χ0) is 14.5. The lowest BCUT2D eigenvalue weighted by Crippen LogP contribution is -2.48. The molecule has 0 bridgehead atoms. The molecular formula is C15H22N2O2S. The van der Waals surface area contributed by atoms with Crippen molar-refractivity contribution in [1.82, 2.24) is 9.80 Å². The largest absolute Gasteiger partial charge is 0.480 e. The van der Waals surface area contributed by atoms with Crippen molar-refractivity contribution in [2.24, 2.45) is 0 Å².